The van der Waals surface area contributed by atoms with Crippen LogP contribution in [0.2, 0.25) is 10.0 Å². The lowest BCUT2D eigenvalue weighted by molar-refractivity contribution is -0.137. The van der Waals surface area contributed by atoms with Crippen LogP contribution in [0.5, 0.6) is 5.75 Å². The predicted octanol–water partition coefficient (Wildman–Crippen LogP) is 5.27. The number of ether oxygens (including phenoxy) is 1. The van der Waals surface area contributed by atoms with Crippen LogP contribution in [0.1, 0.15) is 36.0 Å². The Balaban J connectivity index is 1.38. The molecule has 2 amide bonds. The Hall–Kier alpha value is -3.07. The fraction of sp³-hybridized carbons (Fsp3) is 0.355. The highest BCUT2D eigenvalue weighted by atomic mass is 35.5. The minimum absolute atomic E-state index is 0.0645. The number of benzene rings is 3. The highest BCUT2D eigenvalue weighted by molar-refractivity contribution is 7.92. The van der Waals surface area contributed by atoms with Gasteiger partial charge in [0.2, 0.25) is 11.8 Å². The van der Waals surface area contributed by atoms with Crippen molar-refractivity contribution in [2.24, 2.45) is 5.92 Å². The van der Waals surface area contributed by atoms with Crippen LogP contribution in [0.25, 0.3) is 0 Å². The Morgan fingerprint density at radius 1 is 1.05 bits per heavy atom. The molecule has 2 aliphatic heterocycles. The van der Waals surface area contributed by atoms with Crippen molar-refractivity contribution in [3.63, 3.8) is 0 Å². The maximum absolute atomic E-state index is 14.6. The van der Waals surface area contributed by atoms with E-state index in [1.807, 2.05) is 12.1 Å². The van der Waals surface area contributed by atoms with Crippen molar-refractivity contribution >= 4 is 44.9 Å². The lowest BCUT2D eigenvalue weighted by Crippen LogP contribution is -2.53. The molecular weight excluding hydrogens is 583 g/mol. The summed E-state index contributed by atoms with van der Waals surface area (Å²) in [6.45, 7) is 0.836. The third-order valence-corrected chi connectivity index (χ3v) is 12.1. The summed E-state index contributed by atoms with van der Waals surface area (Å²) < 4.78 is 33.9. The van der Waals surface area contributed by atoms with Crippen LogP contribution in [0, 0.1) is 5.92 Å². The van der Waals surface area contributed by atoms with E-state index in [4.69, 9.17) is 27.9 Å². The molecule has 1 aliphatic carbocycles. The van der Waals surface area contributed by atoms with Gasteiger partial charge in [-0.15, -0.1) is 0 Å². The van der Waals surface area contributed by atoms with Gasteiger partial charge >= 0.3 is 0 Å². The van der Waals surface area contributed by atoms with E-state index in [2.05, 4.69) is 0 Å². The molecule has 214 valence electrons. The number of fused-ring (bicyclic) bond motifs is 3. The normalized spacial score (nSPS) is 23.8. The molecule has 3 aromatic rings. The Morgan fingerprint density at radius 3 is 2.46 bits per heavy atom. The van der Waals surface area contributed by atoms with E-state index in [1.54, 1.807) is 71.4 Å². The average Bonchev–Trinajstić information content (AvgIpc) is 3.53. The lowest BCUT2D eigenvalue weighted by atomic mass is 9.78. The molecule has 2 heterocycles. The van der Waals surface area contributed by atoms with E-state index in [-0.39, 0.29) is 36.2 Å². The second-order valence-corrected chi connectivity index (χ2v) is 14.0. The first kappa shape index (κ1) is 28.1. The van der Waals surface area contributed by atoms with Crippen molar-refractivity contribution in [1.29, 1.82) is 0 Å². The van der Waals surface area contributed by atoms with Crippen molar-refractivity contribution < 1.29 is 22.7 Å². The fourth-order valence-electron chi connectivity index (χ4n) is 6.76. The molecule has 0 aromatic heterocycles. The van der Waals surface area contributed by atoms with Gasteiger partial charge in [-0.2, -0.15) is 0 Å². The highest BCUT2D eigenvalue weighted by Crippen LogP contribution is 2.53. The maximum atomic E-state index is 14.6. The number of sulfone groups is 1. The smallest absolute Gasteiger partial charge is 0.228 e. The first-order valence-electron chi connectivity index (χ1n) is 13.7. The van der Waals surface area contributed by atoms with E-state index >= 15 is 0 Å². The topological polar surface area (TPSA) is 84.0 Å². The van der Waals surface area contributed by atoms with Crippen molar-refractivity contribution in [3.05, 3.63) is 93.5 Å². The second-order valence-electron chi connectivity index (χ2n) is 11.0. The van der Waals surface area contributed by atoms with Gasteiger partial charge in [0.25, 0.3) is 0 Å². The molecule has 10 heteroatoms. The molecule has 3 atom stereocenters. The van der Waals surface area contributed by atoms with Crippen LogP contribution in [0.15, 0.2) is 71.6 Å². The van der Waals surface area contributed by atoms with Crippen molar-refractivity contribution in [2.75, 3.05) is 20.1 Å². The molecule has 6 rings (SSSR count). The number of amides is 2. The second kappa shape index (κ2) is 10.6. The summed E-state index contributed by atoms with van der Waals surface area (Å²) in [7, 11) is -2.22. The monoisotopic (exact) mass is 612 g/mol. The minimum Gasteiger partial charge on any atom is -0.489 e. The highest BCUT2D eigenvalue weighted by Gasteiger charge is 2.61. The number of aryl methyl sites for hydroxylation is 1. The van der Waals surface area contributed by atoms with E-state index in [0.29, 0.717) is 52.9 Å². The molecule has 2 saturated heterocycles. The first-order chi connectivity index (χ1) is 19.6. The third-order valence-electron chi connectivity index (χ3n) is 8.81. The minimum atomic E-state index is -3.91. The van der Waals surface area contributed by atoms with Gasteiger partial charge < -0.3 is 14.5 Å². The molecule has 3 aromatic carbocycles. The molecule has 7 nitrogen and oxygen atoms in total. The summed E-state index contributed by atoms with van der Waals surface area (Å²) in [5.41, 5.74) is 2.27. The van der Waals surface area contributed by atoms with Gasteiger partial charge in [0.1, 0.15) is 17.1 Å². The SMILES string of the molecule is CN1CC(C(=O)N2CC[C@@]3(S(=O)(=O)c4ccccc4)c4ccc(OCc5c(Cl)cccc5Cl)cc4CC[C@@H]23)CC1=O. The number of carbonyl (C=O) groups is 2. The Morgan fingerprint density at radius 2 is 1.78 bits per heavy atom. The van der Waals surface area contributed by atoms with Gasteiger partial charge in [-0.1, -0.05) is 53.5 Å². The molecule has 0 radical (unpaired) electrons. The molecule has 3 aliphatic rings. The standard InChI is InChI=1S/C31H30Cl2N2O5S/c1-34-18-21(17-29(34)36)30(37)35-15-14-31(41(38,39)23-6-3-2-4-7-23)25-12-11-22(16-20(25)10-13-28(31)35)40-19-24-26(32)8-5-9-27(24)33/h2-9,11-12,16,21,28H,10,13-15,17-19H2,1H3/t21?,28-,31-/m1/s1. The van der Waals surface area contributed by atoms with Crippen LogP contribution in [-0.2, 0) is 37.2 Å². The summed E-state index contributed by atoms with van der Waals surface area (Å²) in [4.78, 5) is 29.5. The first-order valence-corrected chi connectivity index (χ1v) is 15.9. The number of rotatable bonds is 6. The summed E-state index contributed by atoms with van der Waals surface area (Å²) in [5.74, 6) is -0.0800. The third kappa shape index (κ3) is 4.60. The quantitative estimate of drug-likeness (QED) is 0.379. The Kier molecular flexibility index (Phi) is 7.29. The van der Waals surface area contributed by atoms with Gasteiger partial charge in [0, 0.05) is 42.2 Å². The zero-order chi connectivity index (χ0) is 28.9. The number of hydrogen-bond donors (Lipinski definition) is 0. The summed E-state index contributed by atoms with van der Waals surface area (Å²) in [5, 5.41) is 1.02. The van der Waals surface area contributed by atoms with E-state index in [9.17, 15) is 18.0 Å². The summed E-state index contributed by atoms with van der Waals surface area (Å²) in [6.07, 6.45) is 1.51. The molecule has 0 spiro atoms. The zero-order valence-corrected chi connectivity index (χ0v) is 24.9. The largest absolute Gasteiger partial charge is 0.489 e. The Bertz CT molecular complexity index is 1610. The Labute approximate surface area is 249 Å². The van der Waals surface area contributed by atoms with Crippen LogP contribution in [0.3, 0.4) is 0 Å². The fourth-order valence-corrected chi connectivity index (χ4v) is 9.65. The lowest BCUT2D eigenvalue weighted by Gasteiger charge is -2.43. The number of hydrogen-bond acceptors (Lipinski definition) is 5. The zero-order valence-electron chi connectivity index (χ0n) is 22.6. The van der Waals surface area contributed by atoms with Crippen LogP contribution in [0.4, 0.5) is 0 Å². The van der Waals surface area contributed by atoms with Gasteiger partial charge in [0.15, 0.2) is 9.84 Å². The van der Waals surface area contributed by atoms with Gasteiger partial charge in [-0.05, 0) is 66.8 Å². The van der Waals surface area contributed by atoms with Crippen LogP contribution < -0.4 is 4.74 Å². The number of carbonyl (C=O) groups excluding carboxylic acids is 2. The van der Waals surface area contributed by atoms with Crippen molar-refractivity contribution in [1.82, 2.24) is 9.80 Å². The molecule has 1 unspecified atom stereocenters. The van der Waals surface area contributed by atoms with Crippen molar-refractivity contribution in [2.45, 2.75) is 48.0 Å². The summed E-state index contributed by atoms with van der Waals surface area (Å²) >= 11 is 12.6. The molecule has 41 heavy (non-hydrogen) atoms. The number of halogens is 2. The van der Waals surface area contributed by atoms with E-state index in [0.717, 1.165) is 5.56 Å². The van der Waals surface area contributed by atoms with E-state index < -0.39 is 26.5 Å². The van der Waals surface area contributed by atoms with Gasteiger partial charge in [0.05, 0.1) is 16.9 Å². The predicted molar refractivity (Wildman–Crippen MR) is 157 cm³/mol. The summed E-state index contributed by atoms with van der Waals surface area (Å²) in [6, 6.07) is 18.7. The maximum Gasteiger partial charge on any atom is 0.228 e. The average molecular weight is 614 g/mol. The van der Waals surface area contributed by atoms with Gasteiger partial charge in [-0.25, -0.2) is 8.42 Å². The van der Waals surface area contributed by atoms with Crippen LogP contribution >= 0.6 is 23.2 Å². The van der Waals surface area contributed by atoms with E-state index in [1.165, 1.54) is 0 Å². The number of likely N-dealkylation sites (tertiary alicyclic amines) is 2. The van der Waals surface area contributed by atoms with Crippen molar-refractivity contribution in [3.8, 4) is 5.75 Å². The molecule has 0 bridgehead atoms. The molecular formula is C31H30Cl2N2O5S. The molecule has 0 N–H and O–H groups in total. The number of nitrogens with zero attached hydrogens (tertiary/aromatic N) is 2. The molecule has 0 saturated carbocycles. The molecule has 2 fully saturated rings. The van der Waals surface area contributed by atoms with Crippen LogP contribution in [-0.4, -0.2) is 56.2 Å². The van der Waals surface area contributed by atoms with Gasteiger partial charge in [-0.3, -0.25) is 9.59 Å².